The molecule has 2 aromatic carbocycles. The number of carbonyl (C=O) groups excluding carboxylic acids is 4. The van der Waals surface area contributed by atoms with Gasteiger partial charge in [-0.15, -0.1) is 0 Å². The van der Waals surface area contributed by atoms with Gasteiger partial charge in [-0.25, -0.2) is 4.79 Å². The van der Waals surface area contributed by atoms with E-state index in [0.717, 1.165) is 5.39 Å². The molecule has 174 valence electrons. The molecule has 9 nitrogen and oxygen atoms in total. The molecule has 9 heteroatoms. The largest absolute Gasteiger partial charge is 0.459 e. The molecular weight excluding hydrogens is 438 g/mol. The summed E-state index contributed by atoms with van der Waals surface area (Å²) in [5.41, 5.74) is -0.206. The standard InChI is InChI=1S/C25H23N3O6/c1-15(20-13-16-7-3-6-10-19(16)34-20)26-21(29)14-33-24(32)25-12-11-22(30)28(25)18-9-5-4-8-17(18)23(31)27(25)2/h3-10,13,15H,11-12,14H2,1-2H3,(H,26,29). The number of esters is 1. The maximum atomic E-state index is 13.3. The van der Waals surface area contributed by atoms with E-state index >= 15 is 0 Å². The average molecular weight is 461 g/mol. The Morgan fingerprint density at radius 2 is 1.88 bits per heavy atom. The van der Waals surface area contributed by atoms with Crippen molar-refractivity contribution in [3.05, 3.63) is 65.9 Å². The molecule has 2 aliphatic rings. The minimum Gasteiger partial charge on any atom is -0.459 e. The molecule has 3 aromatic rings. The van der Waals surface area contributed by atoms with Crippen molar-refractivity contribution in [3.63, 3.8) is 0 Å². The molecule has 3 amide bonds. The molecule has 1 aromatic heterocycles. The van der Waals surface area contributed by atoms with Crippen LogP contribution in [0.5, 0.6) is 0 Å². The Morgan fingerprint density at radius 1 is 1.15 bits per heavy atom. The van der Waals surface area contributed by atoms with Gasteiger partial charge in [0.1, 0.15) is 11.3 Å². The number of benzene rings is 2. The summed E-state index contributed by atoms with van der Waals surface area (Å²) in [7, 11) is 1.47. The Balaban J connectivity index is 1.31. The van der Waals surface area contributed by atoms with Gasteiger partial charge < -0.3 is 19.4 Å². The molecule has 1 N–H and O–H groups in total. The minimum absolute atomic E-state index is 0.0797. The van der Waals surface area contributed by atoms with Crippen LogP contribution in [0.3, 0.4) is 0 Å². The summed E-state index contributed by atoms with van der Waals surface area (Å²) in [5.74, 6) is -1.46. The van der Waals surface area contributed by atoms with E-state index in [1.807, 2.05) is 30.3 Å². The molecule has 5 rings (SSSR count). The number of ether oxygens (including phenoxy) is 1. The molecule has 0 saturated carbocycles. The van der Waals surface area contributed by atoms with Crippen LogP contribution in [0.4, 0.5) is 5.69 Å². The Hall–Kier alpha value is -4.14. The fraction of sp³-hybridized carbons (Fsp3) is 0.280. The number of fused-ring (bicyclic) bond motifs is 4. The monoisotopic (exact) mass is 461 g/mol. The molecule has 1 saturated heterocycles. The van der Waals surface area contributed by atoms with Crippen molar-refractivity contribution in [1.82, 2.24) is 10.2 Å². The van der Waals surface area contributed by atoms with Crippen LogP contribution in [-0.2, 0) is 19.1 Å². The van der Waals surface area contributed by atoms with Crippen LogP contribution >= 0.6 is 0 Å². The quantitative estimate of drug-likeness (QED) is 0.586. The lowest BCUT2D eigenvalue weighted by Crippen LogP contribution is -2.67. The Bertz CT molecular complexity index is 1300. The number of para-hydroxylation sites is 2. The van der Waals surface area contributed by atoms with Crippen LogP contribution in [0, 0.1) is 0 Å². The van der Waals surface area contributed by atoms with Crippen LogP contribution in [0.25, 0.3) is 11.0 Å². The van der Waals surface area contributed by atoms with Crippen molar-refractivity contribution in [2.45, 2.75) is 31.5 Å². The van der Waals surface area contributed by atoms with Gasteiger partial charge in [-0.2, -0.15) is 0 Å². The van der Waals surface area contributed by atoms with E-state index in [2.05, 4.69) is 5.32 Å². The zero-order chi connectivity index (χ0) is 24.0. The van der Waals surface area contributed by atoms with Crippen LogP contribution in [0.2, 0.25) is 0 Å². The number of nitrogens with one attached hydrogen (secondary N) is 1. The van der Waals surface area contributed by atoms with Crippen molar-refractivity contribution in [3.8, 4) is 0 Å². The van der Waals surface area contributed by atoms with Gasteiger partial charge in [0.25, 0.3) is 11.8 Å². The third kappa shape index (κ3) is 3.23. The first-order chi connectivity index (χ1) is 16.3. The second-order valence-corrected chi connectivity index (χ2v) is 8.48. The zero-order valence-electron chi connectivity index (χ0n) is 18.7. The van der Waals surface area contributed by atoms with Gasteiger partial charge in [-0.1, -0.05) is 30.3 Å². The molecule has 3 heterocycles. The highest BCUT2D eigenvalue weighted by Crippen LogP contribution is 2.44. The van der Waals surface area contributed by atoms with Crippen LogP contribution in [0.1, 0.15) is 41.9 Å². The molecular formula is C25H23N3O6. The number of carbonyl (C=O) groups is 4. The summed E-state index contributed by atoms with van der Waals surface area (Å²) in [5, 5.41) is 3.66. The molecule has 1 fully saturated rings. The Labute approximate surface area is 195 Å². The minimum atomic E-state index is -1.62. The summed E-state index contributed by atoms with van der Waals surface area (Å²) >= 11 is 0. The van der Waals surface area contributed by atoms with Crippen molar-refractivity contribution in [1.29, 1.82) is 0 Å². The summed E-state index contributed by atoms with van der Waals surface area (Å²) < 4.78 is 11.1. The van der Waals surface area contributed by atoms with Crippen molar-refractivity contribution in [2.75, 3.05) is 18.6 Å². The van der Waals surface area contributed by atoms with Gasteiger partial charge in [0.15, 0.2) is 6.61 Å². The average Bonchev–Trinajstić information content (AvgIpc) is 3.43. The number of hydrogen-bond acceptors (Lipinski definition) is 6. The number of rotatable bonds is 5. The normalized spacial score (nSPS) is 20.2. The first kappa shape index (κ1) is 21.7. The fourth-order valence-corrected chi connectivity index (χ4v) is 4.71. The molecule has 2 aliphatic heterocycles. The predicted octanol–water partition coefficient (Wildman–Crippen LogP) is 2.76. The lowest BCUT2D eigenvalue weighted by Gasteiger charge is -2.46. The molecule has 0 bridgehead atoms. The van der Waals surface area contributed by atoms with Crippen LogP contribution in [-0.4, -0.2) is 47.9 Å². The maximum absolute atomic E-state index is 13.3. The Kier molecular flexibility index (Phi) is 5.11. The third-order valence-corrected chi connectivity index (χ3v) is 6.45. The molecule has 0 spiro atoms. The van der Waals surface area contributed by atoms with E-state index in [4.69, 9.17) is 9.15 Å². The van der Waals surface area contributed by atoms with Gasteiger partial charge >= 0.3 is 5.97 Å². The second-order valence-electron chi connectivity index (χ2n) is 8.48. The lowest BCUT2D eigenvalue weighted by atomic mass is 9.97. The Morgan fingerprint density at radius 3 is 2.68 bits per heavy atom. The molecule has 0 aliphatic carbocycles. The molecule has 0 radical (unpaired) electrons. The van der Waals surface area contributed by atoms with Gasteiger partial charge in [-0.05, 0) is 31.2 Å². The van der Waals surface area contributed by atoms with E-state index in [1.54, 1.807) is 31.2 Å². The summed E-state index contributed by atoms with van der Waals surface area (Å²) in [6.45, 7) is 1.20. The topological polar surface area (TPSA) is 109 Å². The van der Waals surface area contributed by atoms with E-state index < -0.39 is 30.2 Å². The lowest BCUT2D eigenvalue weighted by molar-refractivity contribution is -0.159. The highest BCUT2D eigenvalue weighted by atomic mass is 16.5. The number of likely N-dealkylation sites (N-methyl/N-ethyl adjacent to an activating group) is 1. The molecule has 34 heavy (non-hydrogen) atoms. The van der Waals surface area contributed by atoms with E-state index in [9.17, 15) is 19.2 Å². The summed E-state index contributed by atoms with van der Waals surface area (Å²) in [6, 6.07) is 15.5. The second kappa shape index (κ2) is 8.02. The highest BCUT2D eigenvalue weighted by molar-refractivity contribution is 6.15. The maximum Gasteiger partial charge on any atom is 0.354 e. The molecule has 2 atom stereocenters. The van der Waals surface area contributed by atoms with Gasteiger partial charge in [0.2, 0.25) is 11.6 Å². The molecule has 2 unspecified atom stereocenters. The highest BCUT2D eigenvalue weighted by Gasteiger charge is 2.60. The van der Waals surface area contributed by atoms with Crippen LogP contribution < -0.4 is 10.2 Å². The predicted molar refractivity (Wildman–Crippen MR) is 122 cm³/mol. The van der Waals surface area contributed by atoms with Crippen LogP contribution in [0.15, 0.2) is 59.0 Å². The van der Waals surface area contributed by atoms with Crippen molar-refractivity contribution >= 4 is 40.3 Å². The first-order valence-corrected chi connectivity index (χ1v) is 11.0. The smallest absolute Gasteiger partial charge is 0.354 e. The van der Waals surface area contributed by atoms with Gasteiger partial charge in [0.05, 0.1) is 17.3 Å². The first-order valence-electron chi connectivity index (χ1n) is 11.0. The van der Waals surface area contributed by atoms with E-state index in [-0.39, 0.29) is 24.7 Å². The SMILES string of the molecule is CC(NC(=O)COC(=O)C12CCC(=O)N1c1ccccc1C(=O)N2C)c1cc2ccccc2o1. The fourth-order valence-electron chi connectivity index (χ4n) is 4.71. The van der Waals surface area contributed by atoms with Gasteiger partial charge in [-0.3, -0.25) is 19.3 Å². The van der Waals surface area contributed by atoms with Crippen molar-refractivity contribution in [2.24, 2.45) is 0 Å². The number of furan rings is 1. The summed E-state index contributed by atoms with van der Waals surface area (Å²) in [4.78, 5) is 54.1. The van der Waals surface area contributed by atoms with E-state index in [0.29, 0.717) is 22.6 Å². The van der Waals surface area contributed by atoms with Crippen molar-refractivity contribution < 1.29 is 28.3 Å². The number of amides is 3. The van der Waals surface area contributed by atoms with Gasteiger partial charge in [0, 0.05) is 25.3 Å². The number of hydrogen-bond donors (Lipinski definition) is 1. The third-order valence-electron chi connectivity index (χ3n) is 6.45. The summed E-state index contributed by atoms with van der Waals surface area (Å²) in [6.07, 6.45) is 0.161. The van der Waals surface area contributed by atoms with E-state index in [1.165, 1.54) is 16.8 Å². The number of nitrogens with zero attached hydrogens (tertiary/aromatic N) is 2. The zero-order valence-corrected chi connectivity index (χ0v) is 18.7. The number of anilines is 1.